The van der Waals surface area contributed by atoms with Crippen LogP contribution in [0.5, 0.6) is 0 Å². The minimum absolute atomic E-state index is 1.03. The lowest BCUT2D eigenvalue weighted by atomic mass is 10.1. The summed E-state index contributed by atoms with van der Waals surface area (Å²) >= 11 is 0. The van der Waals surface area contributed by atoms with E-state index in [2.05, 4.69) is 78.2 Å². The topological polar surface area (TPSA) is 43.5 Å². The summed E-state index contributed by atoms with van der Waals surface area (Å²) in [5.74, 6) is 0. The molecule has 0 spiro atoms. The third-order valence-electron chi connectivity index (χ3n) is 9.80. The molecule has 4 bridgehead atoms. The van der Waals surface area contributed by atoms with Crippen LogP contribution in [0.3, 0.4) is 0 Å². The molecule has 8 nitrogen and oxygen atoms in total. The minimum Gasteiger partial charge on any atom is -0.315 e. The van der Waals surface area contributed by atoms with Crippen LogP contribution in [0, 0.1) is 0 Å². The van der Waals surface area contributed by atoms with E-state index in [1.165, 1.54) is 128 Å². The van der Waals surface area contributed by atoms with Crippen molar-refractivity contribution in [3.63, 3.8) is 0 Å². The summed E-state index contributed by atoms with van der Waals surface area (Å²) in [6.45, 7) is 30.8. The molecule has 0 aromatic rings. The van der Waals surface area contributed by atoms with Gasteiger partial charge in [0.1, 0.15) is 0 Å². The summed E-state index contributed by atoms with van der Waals surface area (Å²) in [5, 5.41) is 7.44. The Bertz CT molecular complexity index is 820. The molecule has 6 fully saturated rings. The molecule has 0 amide bonds. The summed E-state index contributed by atoms with van der Waals surface area (Å²) in [6, 6.07) is 0. The van der Waals surface area contributed by atoms with E-state index >= 15 is 0 Å². The number of rotatable bonds is 7. The smallest absolute Gasteiger partial charge is 0.0231 e. The maximum absolute atomic E-state index is 3.73. The predicted octanol–water partition coefficient (Wildman–Crippen LogP) is 2.43. The second-order valence-corrected chi connectivity index (χ2v) is 13.4. The Labute approximate surface area is 265 Å². The molecule has 6 aliphatic rings. The van der Waals surface area contributed by atoms with Gasteiger partial charge in [-0.3, -0.25) is 9.80 Å². The van der Waals surface area contributed by atoms with Gasteiger partial charge in [-0.1, -0.05) is 29.9 Å². The van der Waals surface area contributed by atoms with Gasteiger partial charge in [-0.15, -0.1) is 0 Å². The van der Waals surface area contributed by atoms with Crippen molar-refractivity contribution in [1.82, 2.24) is 40.0 Å². The van der Waals surface area contributed by atoms with Gasteiger partial charge in [-0.25, -0.2) is 0 Å². The lowest BCUT2D eigenvalue weighted by Gasteiger charge is -2.35. The molecule has 6 aliphatic heterocycles. The van der Waals surface area contributed by atoms with Gasteiger partial charge in [0.15, 0.2) is 0 Å². The summed E-state index contributed by atoms with van der Waals surface area (Å²) in [6.07, 6.45) is 15.6. The molecule has 2 N–H and O–H groups in total. The largest absolute Gasteiger partial charge is 0.315 e. The molecular formula is C35H66N8. The normalized spacial score (nSPS) is 31.2. The van der Waals surface area contributed by atoms with E-state index in [0.29, 0.717) is 0 Å². The van der Waals surface area contributed by atoms with Crippen LogP contribution in [-0.2, 0) is 0 Å². The Balaban J connectivity index is 1.26. The highest BCUT2D eigenvalue weighted by molar-refractivity contribution is 5.21. The van der Waals surface area contributed by atoms with Crippen molar-refractivity contribution in [3.05, 3.63) is 35.5 Å². The third-order valence-corrected chi connectivity index (χ3v) is 9.80. The molecule has 0 aliphatic carbocycles. The highest BCUT2D eigenvalue weighted by Crippen LogP contribution is 2.10. The van der Waals surface area contributed by atoms with Crippen molar-refractivity contribution >= 4 is 0 Å². The van der Waals surface area contributed by atoms with Crippen LogP contribution in [0.25, 0.3) is 0 Å². The Kier molecular flexibility index (Phi) is 16.8. The van der Waals surface area contributed by atoms with Crippen LogP contribution in [-0.4, -0.2) is 173 Å². The fourth-order valence-corrected chi connectivity index (χ4v) is 7.11. The van der Waals surface area contributed by atoms with Gasteiger partial charge >= 0.3 is 0 Å². The third kappa shape index (κ3) is 14.3. The first-order chi connectivity index (χ1) is 21.2. The van der Waals surface area contributed by atoms with E-state index in [1.807, 2.05) is 0 Å². The molecule has 0 radical (unpaired) electrons. The Morgan fingerprint density at radius 2 is 0.977 bits per heavy atom. The lowest BCUT2D eigenvalue weighted by molar-refractivity contribution is 0.124. The first-order valence-electron chi connectivity index (χ1n) is 17.9. The van der Waals surface area contributed by atoms with Crippen LogP contribution in [0.1, 0.15) is 46.0 Å². The van der Waals surface area contributed by atoms with Crippen molar-refractivity contribution in [2.75, 3.05) is 144 Å². The fraction of sp³-hybridized carbons (Fsp3) is 0.829. The van der Waals surface area contributed by atoms with Crippen molar-refractivity contribution < 1.29 is 0 Å². The van der Waals surface area contributed by atoms with Crippen molar-refractivity contribution in [2.45, 2.75) is 46.0 Å². The summed E-state index contributed by atoms with van der Waals surface area (Å²) in [7, 11) is 0. The van der Waals surface area contributed by atoms with E-state index in [1.54, 1.807) is 0 Å². The summed E-state index contributed by atoms with van der Waals surface area (Å²) in [4.78, 5) is 16.0. The molecular weight excluding hydrogens is 532 g/mol. The predicted molar refractivity (Wildman–Crippen MR) is 184 cm³/mol. The number of nitrogens with one attached hydrogen (secondary N) is 2. The van der Waals surface area contributed by atoms with Gasteiger partial charge in [-0.05, 0) is 104 Å². The summed E-state index contributed by atoms with van der Waals surface area (Å²) in [5.41, 5.74) is 2.97. The highest BCUT2D eigenvalue weighted by Gasteiger charge is 2.18. The number of hydrogen-bond acceptors (Lipinski definition) is 8. The molecule has 6 heterocycles. The number of fused-ring (bicyclic) bond motifs is 22. The molecule has 0 atom stereocenters. The monoisotopic (exact) mass is 599 g/mol. The molecule has 246 valence electrons. The van der Waals surface area contributed by atoms with Gasteiger partial charge in [0.05, 0.1) is 0 Å². The molecule has 43 heavy (non-hydrogen) atoms. The van der Waals surface area contributed by atoms with Crippen molar-refractivity contribution in [1.29, 1.82) is 0 Å². The van der Waals surface area contributed by atoms with Crippen molar-refractivity contribution in [2.24, 2.45) is 0 Å². The van der Waals surface area contributed by atoms with Gasteiger partial charge < -0.3 is 30.2 Å². The summed E-state index contributed by atoms with van der Waals surface area (Å²) < 4.78 is 0. The average molecular weight is 599 g/mol. The Morgan fingerprint density at radius 3 is 1.47 bits per heavy atom. The van der Waals surface area contributed by atoms with Crippen LogP contribution in [0.4, 0.5) is 0 Å². The zero-order chi connectivity index (χ0) is 30.0. The number of piperazine rings is 2. The Morgan fingerprint density at radius 1 is 0.512 bits per heavy atom. The molecule has 6 saturated heterocycles. The van der Waals surface area contributed by atoms with E-state index in [-0.39, 0.29) is 0 Å². The van der Waals surface area contributed by atoms with Gasteiger partial charge in [0, 0.05) is 91.6 Å². The minimum atomic E-state index is 1.03. The maximum Gasteiger partial charge on any atom is 0.0231 e. The van der Waals surface area contributed by atoms with E-state index in [0.717, 1.165) is 58.8 Å². The number of hydrogen-bond donors (Lipinski definition) is 2. The van der Waals surface area contributed by atoms with Gasteiger partial charge in [-0.2, -0.15) is 0 Å². The van der Waals surface area contributed by atoms with E-state index < -0.39 is 0 Å². The molecule has 0 aromatic carbocycles. The van der Waals surface area contributed by atoms with Crippen LogP contribution in [0.15, 0.2) is 35.5 Å². The quantitative estimate of drug-likeness (QED) is 0.342. The van der Waals surface area contributed by atoms with Gasteiger partial charge in [0.25, 0.3) is 0 Å². The van der Waals surface area contributed by atoms with Gasteiger partial charge in [0.2, 0.25) is 0 Å². The number of nitrogens with zero attached hydrogens (tertiary/aromatic N) is 6. The maximum atomic E-state index is 3.73. The van der Waals surface area contributed by atoms with E-state index in [9.17, 15) is 0 Å². The van der Waals surface area contributed by atoms with Crippen LogP contribution >= 0.6 is 0 Å². The second kappa shape index (κ2) is 20.8. The average Bonchev–Trinajstić information content (AvgIpc) is 3.01. The molecule has 0 saturated carbocycles. The number of allylic oxidation sites excluding steroid dienone is 3. The highest BCUT2D eigenvalue weighted by atomic mass is 15.3. The Hall–Kier alpha value is -1.10. The first kappa shape index (κ1) is 34.8. The fourth-order valence-electron chi connectivity index (χ4n) is 7.11. The molecule has 8 heteroatoms. The molecule has 0 unspecified atom stereocenters. The zero-order valence-corrected chi connectivity index (χ0v) is 28.1. The zero-order valence-electron chi connectivity index (χ0n) is 28.1. The first-order valence-corrected chi connectivity index (χ1v) is 17.9. The van der Waals surface area contributed by atoms with Crippen LogP contribution in [0.2, 0.25) is 0 Å². The van der Waals surface area contributed by atoms with Crippen LogP contribution < -0.4 is 10.6 Å². The van der Waals surface area contributed by atoms with Crippen molar-refractivity contribution in [3.8, 4) is 0 Å². The SMILES string of the molecule is C/C=C\C(=C/CC=C(C)CN1CCCN2CCN(CCCNCC1)CC2)CN1CCCN2CCN(CCCNCC1)CC2. The van der Waals surface area contributed by atoms with E-state index in [4.69, 9.17) is 0 Å². The standard InChI is InChI=1S/C35H66N8/c1-3-9-35(33-43-21-8-19-41-30-26-39(27-31-41)17-6-13-37-15-23-43)11-4-10-34(2)32-42-20-7-18-40-28-24-38(25-29-40)16-5-12-36-14-22-42/h3,9-11,36-37H,4-8,12-33H2,1-2H3/b9-3-,34-10?,35-11+. The second-order valence-electron chi connectivity index (χ2n) is 13.4. The lowest BCUT2D eigenvalue weighted by Crippen LogP contribution is -2.48. The molecule has 6 rings (SSSR count). The molecule has 0 aromatic heterocycles.